The molecule has 0 amide bonds. The van der Waals surface area contributed by atoms with Crippen LogP contribution >= 0.6 is 0 Å². The number of pyridine rings is 1. The van der Waals surface area contributed by atoms with Gasteiger partial charge in [0.2, 0.25) is 0 Å². The summed E-state index contributed by atoms with van der Waals surface area (Å²) in [6.07, 6.45) is 1.80. The fourth-order valence-corrected chi connectivity index (χ4v) is 1.72. The van der Waals surface area contributed by atoms with Gasteiger partial charge in [-0.15, -0.1) is 0 Å². The Morgan fingerprint density at radius 2 is 1.80 bits per heavy atom. The SMILES string of the molecule is N=C(N)N1CCN(c2ccccn2)CC1.O=S(=O)(O)O. The van der Waals surface area contributed by atoms with Crippen molar-refractivity contribution >= 4 is 22.2 Å². The van der Waals surface area contributed by atoms with E-state index in [1.165, 1.54) is 0 Å². The molecule has 2 heterocycles. The number of nitrogens with one attached hydrogen (secondary N) is 1. The molecule has 1 aromatic heterocycles. The van der Waals surface area contributed by atoms with Crippen LogP contribution in [-0.2, 0) is 10.4 Å². The first-order valence-electron chi connectivity index (χ1n) is 5.72. The van der Waals surface area contributed by atoms with Gasteiger partial charge >= 0.3 is 10.4 Å². The quantitative estimate of drug-likeness (QED) is 0.307. The summed E-state index contributed by atoms with van der Waals surface area (Å²) >= 11 is 0. The van der Waals surface area contributed by atoms with Crippen LogP contribution in [0.4, 0.5) is 5.82 Å². The van der Waals surface area contributed by atoms with Crippen LogP contribution in [0.3, 0.4) is 0 Å². The minimum atomic E-state index is -4.67. The molecule has 0 atom stereocenters. The molecule has 10 heteroatoms. The smallest absolute Gasteiger partial charge is 0.370 e. The van der Waals surface area contributed by atoms with E-state index in [1.807, 2.05) is 23.1 Å². The van der Waals surface area contributed by atoms with E-state index in [1.54, 1.807) is 6.20 Å². The van der Waals surface area contributed by atoms with Gasteiger partial charge in [-0.25, -0.2) is 4.98 Å². The molecule has 1 aliphatic rings. The monoisotopic (exact) mass is 303 g/mol. The van der Waals surface area contributed by atoms with E-state index in [0.29, 0.717) is 0 Å². The number of nitrogens with zero attached hydrogens (tertiary/aromatic N) is 3. The molecule has 9 nitrogen and oxygen atoms in total. The molecule has 0 saturated carbocycles. The summed E-state index contributed by atoms with van der Waals surface area (Å²) in [6, 6.07) is 5.90. The molecule has 1 saturated heterocycles. The van der Waals surface area contributed by atoms with Crippen molar-refractivity contribution in [3.63, 3.8) is 0 Å². The second-order valence-corrected chi connectivity index (χ2v) is 4.89. The first-order valence-corrected chi connectivity index (χ1v) is 7.12. The summed E-state index contributed by atoms with van der Waals surface area (Å²) in [5.74, 6) is 1.16. The number of piperazine rings is 1. The van der Waals surface area contributed by atoms with Crippen molar-refractivity contribution in [2.75, 3.05) is 31.1 Å². The number of rotatable bonds is 1. The minimum Gasteiger partial charge on any atom is -0.370 e. The van der Waals surface area contributed by atoms with Crippen LogP contribution in [-0.4, -0.2) is 59.5 Å². The van der Waals surface area contributed by atoms with E-state index >= 15 is 0 Å². The van der Waals surface area contributed by atoms with E-state index in [4.69, 9.17) is 28.7 Å². The van der Waals surface area contributed by atoms with Crippen molar-refractivity contribution in [3.8, 4) is 0 Å². The summed E-state index contributed by atoms with van der Waals surface area (Å²) in [5, 5.41) is 7.33. The summed E-state index contributed by atoms with van der Waals surface area (Å²) in [6.45, 7) is 3.34. The van der Waals surface area contributed by atoms with Crippen LogP contribution in [0.5, 0.6) is 0 Å². The van der Waals surface area contributed by atoms with Gasteiger partial charge in [0.15, 0.2) is 5.96 Å². The Labute approximate surface area is 117 Å². The first-order chi connectivity index (χ1) is 9.27. The maximum Gasteiger partial charge on any atom is 0.394 e. The summed E-state index contributed by atoms with van der Waals surface area (Å²) in [4.78, 5) is 8.38. The predicted octanol–water partition coefficient (Wildman–Crippen LogP) is -0.556. The molecule has 2 rings (SSSR count). The Hall–Kier alpha value is -1.91. The molecule has 0 aliphatic carbocycles. The second-order valence-electron chi connectivity index (χ2n) is 4.00. The van der Waals surface area contributed by atoms with Gasteiger partial charge in [0, 0.05) is 32.4 Å². The zero-order chi connectivity index (χ0) is 15.2. The highest BCUT2D eigenvalue weighted by atomic mass is 32.3. The number of guanidine groups is 1. The summed E-state index contributed by atoms with van der Waals surface area (Å²) in [5.41, 5.74) is 5.43. The van der Waals surface area contributed by atoms with Crippen molar-refractivity contribution in [1.29, 1.82) is 5.41 Å². The molecule has 0 radical (unpaired) electrons. The summed E-state index contributed by atoms with van der Waals surface area (Å²) < 4.78 is 31.6. The minimum absolute atomic E-state index is 0.163. The zero-order valence-corrected chi connectivity index (χ0v) is 11.5. The molecular weight excluding hydrogens is 286 g/mol. The van der Waals surface area contributed by atoms with Gasteiger partial charge in [-0.2, -0.15) is 8.42 Å². The molecular formula is C10H17N5O4S. The molecule has 112 valence electrons. The van der Waals surface area contributed by atoms with Crippen molar-refractivity contribution in [2.24, 2.45) is 5.73 Å². The van der Waals surface area contributed by atoms with E-state index in [0.717, 1.165) is 32.0 Å². The van der Waals surface area contributed by atoms with Crippen LogP contribution in [0.1, 0.15) is 0 Å². The zero-order valence-electron chi connectivity index (χ0n) is 10.7. The fraction of sp³-hybridized carbons (Fsp3) is 0.400. The Kier molecular flexibility index (Phi) is 5.67. The largest absolute Gasteiger partial charge is 0.394 e. The fourth-order valence-electron chi connectivity index (χ4n) is 1.72. The normalized spacial score (nSPS) is 15.3. The average Bonchev–Trinajstić information content (AvgIpc) is 2.38. The highest BCUT2D eigenvalue weighted by Gasteiger charge is 2.17. The van der Waals surface area contributed by atoms with E-state index in [9.17, 15) is 0 Å². The van der Waals surface area contributed by atoms with Crippen LogP contribution < -0.4 is 10.6 Å². The molecule has 0 aromatic carbocycles. The Morgan fingerprint density at radius 3 is 2.20 bits per heavy atom. The van der Waals surface area contributed by atoms with E-state index in [-0.39, 0.29) is 5.96 Å². The average molecular weight is 303 g/mol. The van der Waals surface area contributed by atoms with Gasteiger partial charge in [-0.1, -0.05) is 6.07 Å². The Morgan fingerprint density at radius 1 is 1.25 bits per heavy atom. The lowest BCUT2D eigenvalue weighted by atomic mass is 10.3. The van der Waals surface area contributed by atoms with Crippen LogP contribution in [0.15, 0.2) is 24.4 Å². The Balaban J connectivity index is 0.000000347. The molecule has 1 aliphatic heterocycles. The van der Waals surface area contributed by atoms with Crippen LogP contribution in [0, 0.1) is 5.41 Å². The topological polar surface area (TPSA) is 144 Å². The lowest BCUT2D eigenvalue weighted by Gasteiger charge is -2.35. The molecule has 0 spiro atoms. The van der Waals surface area contributed by atoms with Crippen molar-refractivity contribution in [2.45, 2.75) is 0 Å². The second kappa shape index (κ2) is 7.03. The van der Waals surface area contributed by atoms with Gasteiger partial charge in [0.25, 0.3) is 0 Å². The maximum absolute atomic E-state index is 8.74. The highest BCUT2D eigenvalue weighted by molar-refractivity contribution is 7.79. The number of hydrogen-bond donors (Lipinski definition) is 4. The number of anilines is 1. The third-order valence-corrected chi connectivity index (χ3v) is 2.59. The summed E-state index contributed by atoms with van der Waals surface area (Å²) in [7, 11) is -4.67. The lowest BCUT2D eigenvalue weighted by molar-refractivity contribution is 0.378. The van der Waals surface area contributed by atoms with Gasteiger partial charge < -0.3 is 15.5 Å². The van der Waals surface area contributed by atoms with Gasteiger partial charge in [-0.05, 0) is 12.1 Å². The molecule has 0 bridgehead atoms. The first kappa shape index (κ1) is 16.1. The van der Waals surface area contributed by atoms with Gasteiger partial charge in [0.1, 0.15) is 5.82 Å². The molecule has 0 unspecified atom stereocenters. The van der Waals surface area contributed by atoms with Crippen LogP contribution in [0.2, 0.25) is 0 Å². The van der Waals surface area contributed by atoms with Crippen molar-refractivity contribution in [1.82, 2.24) is 9.88 Å². The number of nitrogens with two attached hydrogens (primary N) is 1. The molecule has 1 aromatic rings. The standard InChI is InChI=1S/C10H15N5.H2O4S/c11-10(12)15-7-5-14(6-8-15)9-3-1-2-4-13-9;1-5(2,3)4/h1-4H,5-8H2,(H3,11,12);(H2,1,2,3,4). The molecule has 5 N–H and O–H groups in total. The van der Waals surface area contributed by atoms with Crippen molar-refractivity contribution < 1.29 is 17.5 Å². The van der Waals surface area contributed by atoms with E-state index in [2.05, 4.69) is 9.88 Å². The number of aromatic nitrogens is 1. The highest BCUT2D eigenvalue weighted by Crippen LogP contribution is 2.11. The van der Waals surface area contributed by atoms with Gasteiger partial charge in [-0.3, -0.25) is 14.5 Å². The number of hydrogen-bond acceptors (Lipinski definition) is 5. The van der Waals surface area contributed by atoms with Crippen molar-refractivity contribution in [3.05, 3.63) is 24.4 Å². The molecule has 20 heavy (non-hydrogen) atoms. The van der Waals surface area contributed by atoms with Gasteiger partial charge in [0.05, 0.1) is 0 Å². The van der Waals surface area contributed by atoms with E-state index < -0.39 is 10.4 Å². The third-order valence-electron chi connectivity index (χ3n) is 2.59. The Bertz CT molecular complexity index is 520. The van der Waals surface area contributed by atoms with Crippen LogP contribution in [0.25, 0.3) is 0 Å². The predicted molar refractivity (Wildman–Crippen MR) is 74.1 cm³/mol. The molecule has 1 fully saturated rings. The maximum atomic E-state index is 8.74. The third kappa shape index (κ3) is 6.31. The lowest BCUT2D eigenvalue weighted by Crippen LogP contribution is -2.51.